The molecule has 0 aliphatic heterocycles. The second-order valence-electron chi connectivity index (χ2n) is 2.60. The first-order chi connectivity index (χ1) is 8.54. The van der Waals surface area contributed by atoms with Crippen LogP contribution in [0.25, 0.3) is 0 Å². The molecule has 0 atom stereocenters. The summed E-state index contributed by atoms with van der Waals surface area (Å²) in [6.45, 7) is 0.444. The second kappa shape index (κ2) is 43.6. The van der Waals surface area contributed by atoms with Gasteiger partial charge < -0.3 is 4.74 Å². The summed E-state index contributed by atoms with van der Waals surface area (Å²) in [7, 11) is 0.500. The summed E-state index contributed by atoms with van der Waals surface area (Å²) >= 11 is 0. The van der Waals surface area contributed by atoms with Gasteiger partial charge in [0.05, 0.1) is 13.8 Å². The molecule has 0 aromatic rings. The van der Waals surface area contributed by atoms with E-state index < -0.39 is 26.0 Å². The van der Waals surface area contributed by atoms with Gasteiger partial charge in [-0.3, -0.25) is 9.13 Å². The molecule has 0 aliphatic rings. The van der Waals surface area contributed by atoms with Gasteiger partial charge in [-0.15, -0.1) is 13.2 Å². The molecule has 25 heavy (non-hydrogen) atoms. The van der Waals surface area contributed by atoms with Crippen molar-refractivity contribution in [2.24, 2.45) is 0 Å². The first-order valence-electron chi connectivity index (χ1n) is 4.63. The molecule has 0 amide bonds. The van der Waals surface area contributed by atoms with Gasteiger partial charge in [-0.05, 0) is 20.8 Å². The monoisotopic (exact) mass is 406 g/mol. The number of halogens is 8. The molecule has 0 aromatic carbocycles. The number of alkyl halides is 8. The van der Waals surface area contributed by atoms with Crippen LogP contribution in [-0.4, -0.2) is 39.8 Å². The SMILES string of the molecule is C.C.C.C.C.C.CC(C)(F)OCF.CCOC(F)(F)F.CF.FCF. The highest BCUT2D eigenvalue weighted by Gasteiger charge is 2.27. The number of rotatable bonds is 3. The largest absolute Gasteiger partial charge is 0.522 e. The van der Waals surface area contributed by atoms with Crippen LogP contribution < -0.4 is 0 Å². The van der Waals surface area contributed by atoms with Gasteiger partial charge in [-0.1, -0.05) is 44.6 Å². The molecule has 0 fully saturated rings. The van der Waals surface area contributed by atoms with Gasteiger partial charge >= 0.3 is 6.36 Å². The fourth-order valence-corrected chi connectivity index (χ4v) is 0.293. The number of ether oxygens (including phenoxy) is 2. The van der Waals surface area contributed by atoms with Gasteiger partial charge in [-0.25, -0.2) is 17.6 Å². The first-order valence-corrected chi connectivity index (χ1v) is 4.63. The lowest BCUT2D eigenvalue weighted by atomic mass is 10.4. The van der Waals surface area contributed by atoms with E-state index in [-0.39, 0.29) is 51.2 Å². The standard InChI is InChI=1S/C4H8F2O.C3H5F3O.CH2F2.CH3F.6CH4/c1-4(2,6)7-3-5;1-2-7-3(4,5)6;2-1-3;1-2;;;;;;/h3H2,1-2H3;2H2,1H3;1H2;1H3;6*1H4. The fourth-order valence-electron chi connectivity index (χ4n) is 0.293. The van der Waals surface area contributed by atoms with E-state index in [0.717, 1.165) is 13.8 Å². The zero-order chi connectivity index (χ0) is 16.5. The summed E-state index contributed by atoms with van der Waals surface area (Å²) in [5.74, 6) is -1.82. The van der Waals surface area contributed by atoms with Gasteiger partial charge in [0.2, 0.25) is 12.8 Å². The maximum absolute atomic E-state index is 11.9. The van der Waals surface area contributed by atoms with E-state index in [2.05, 4.69) is 9.47 Å². The fraction of sp³-hybridized carbons (Fsp3) is 1.00. The van der Waals surface area contributed by atoms with Crippen molar-refractivity contribution in [1.82, 2.24) is 0 Å². The van der Waals surface area contributed by atoms with Crippen molar-refractivity contribution in [3.05, 3.63) is 0 Å². The molecule has 170 valence electrons. The van der Waals surface area contributed by atoms with Gasteiger partial charge in [0.15, 0.2) is 6.86 Å². The van der Waals surface area contributed by atoms with Crippen LogP contribution in [0, 0.1) is 0 Å². The summed E-state index contributed by atoms with van der Waals surface area (Å²) in [5, 5.41) is 0. The van der Waals surface area contributed by atoms with Crippen LogP contribution in [0.3, 0.4) is 0 Å². The van der Waals surface area contributed by atoms with Crippen molar-refractivity contribution in [3.8, 4) is 0 Å². The molecule has 0 heterocycles. The Labute approximate surface area is 150 Å². The maximum atomic E-state index is 11.9. The Hall–Kier alpha value is -0.640. The molecule has 0 rings (SSSR count). The predicted molar refractivity (Wildman–Crippen MR) is 94.4 cm³/mol. The van der Waals surface area contributed by atoms with Crippen molar-refractivity contribution in [3.63, 3.8) is 0 Å². The lowest BCUT2D eigenvalue weighted by Crippen LogP contribution is -2.15. The van der Waals surface area contributed by atoms with Crippen molar-refractivity contribution in [1.29, 1.82) is 0 Å². The van der Waals surface area contributed by atoms with E-state index in [1.54, 1.807) is 0 Å². The molecular formula is C15H42F8O2. The molecule has 0 aromatic heterocycles. The molecular weight excluding hydrogens is 364 g/mol. The molecule has 0 radical (unpaired) electrons. The van der Waals surface area contributed by atoms with E-state index in [1.807, 2.05) is 0 Å². The third-order valence-electron chi connectivity index (χ3n) is 0.706. The molecule has 0 aliphatic carbocycles. The van der Waals surface area contributed by atoms with Crippen LogP contribution in [0.4, 0.5) is 35.1 Å². The minimum absolute atomic E-state index is 0. The smallest absolute Gasteiger partial charge is 0.315 e. The van der Waals surface area contributed by atoms with Crippen molar-refractivity contribution >= 4 is 0 Å². The highest BCUT2D eigenvalue weighted by atomic mass is 19.4. The zero-order valence-corrected chi connectivity index (χ0v) is 11.0. The average molecular weight is 406 g/mol. The minimum atomic E-state index is -4.45. The van der Waals surface area contributed by atoms with Gasteiger partial charge in [0.25, 0.3) is 0 Å². The molecule has 10 heteroatoms. The topological polar surface area (TPSA) is 18.5 Å². The van der Waals surface area contributed by atoms with Crippen LogP contribution in [0.5, 0.6) is 0 Å². The zero-order valence-electron chi connectivity index (χ0n) is 11.0. The van der Waals surface area contributed by atoms with Crippen LogP contribution in [-0.2, 0) is 9.47 Å². The average Bonchev–Trinajstić information content (AvgIpc) is 2.19. The van der Waals surface area contributed by atoms with Crippen molar-refractivity contribution < 1.29 is 44.6 Å². The molecule has 0 spiro atoms. The summed E-state index contributed by atoms with van der Waals surface area (Å²) < 4.78 is 91.3. The van der Waals surface area contributed by atoms with Gasteiger partial charge in [-0.2, -0.15) is 0 Å². The Balaban J connectivity index is -0.0000000150. The quantitative estimate of drug-likeness (QED) is 0.438. The molecule has 0 bridgehead atoms. The summed E-state index contributed by atoms with van der Waals surface area (Å²) in [6, 6.07) is 0. The van der Waals surface area contributed by atoms with E-state index >= 15 is 0 Å². The third kappa shape index (κ3) is 197. The van der Waals surface area contributed by atoms with Gasteiger partial charge in [0.1, 0.15) is 0 Å². The summed E-state index contributed by atoms with van der Waals surface area (Å²) in [6.07, 6.45) is -4.45. The van der Waals surface area contributed by atoms with Crippen LogP contribution in [0.1, 0.15) is 65.3 Å². The number of hydrogen-bond donors (Lipinski definition) is 0. The van der Waals surface area contributed by atoms with E-state index in [4.69, 9.17) is 0 Å². The van der Waals surface area contributed by atoms with Crippen LogP contribution in [0.2, 0.25) is 0 Å². The van der Waals surface area contributed by atoms with E-state index in [1.165, 1.54) is 6.92 Å². The first kappa shape index (κ1) is 64.5. The molecule has 2 nitrogen and oxygen atoms in total. The number of hydrogen-bond acceptors (Lipinski definition) is 2. The maximum Gasteiger partial charge on any atom is 0.522 e. The highest BCUT2D eigenvalue weighted by molar-refractivity contribution is 4.44. The second-order valence-corrected chi connectivity index (χ2v) is 2.60. The molecule has 0 N–H and O–H groups in total. The minimum Gasteiger partial charge on any atom is -0.315 e. The van der Waals surface area contributed by atoms with Crippen LogP contribution in [0.15, 0.2) is 0 Å². The lowest BCUT2D eigenvalue weighted by Gasteiger charge is -2.10. The Bertz CT molecular complexity index is 135. The lowest BCUT2D eigenvalue weighted by molar-refractivity contribution is -0.322. The molecule has 0 saturated heterocycles. The van der Waals surface area contributed by atoms with Crippen molar-refractivity contribution in [2.75, 3.05) is 27.6 Å². The van der Waals surface area contributed by atoms with Crippen LogP contribution >= 0.6 is 0 Å². The Morgan fingerprint density at radius 3 is 0.920 bits per heavy atom. The predicted octanol–water partition coefficient (Wildman–Crippen LogP) is 8.46. The Morgan fingerprint density at radius 2 is 0.920 bits per heavy atom. The Kier molecular flexibility index (Phi) is 113. The van der Waals surface area contributed by atoms with E-state index in [0.29, 0.717) is 7.18 Å². The van der Waals surface area contributed by atoms with Gasteiger partial charge in [0, 0.05) is 0 Å². The highest BCUT2D eigenvalue weighted by Crippen LogP contribution is 2.14. The molecule has 0 saturated carbocycles. The third-order valence-corrected chi connectivity index (χ3v) is 0.706. The normalized spacial score (nSPS) is 7.68. The summed E-state index contributed by atoms with van der Waals surface area (Å²) in [5.41, 5.74) is 0. The Morgan fingerprint density at radius 1 is 0.680 bits per heavy atom. The van der Waals surface area contributed by atoms with E-state index in [9.17, 15) is 35.1 Å². The summed E-state index contributed by atoms with van der Waals surface area (Å²) in [4.78, 5) is 0. The van der Waals surface area contributed by atoms with Crippen molar-refractivity contribution in [2.45, 2.75) is 77.5 Å². The molecule has 0 unspecified atom stereocenters.